The molecule has 4 heteroatoms. The highest BCUT2D eigenvalue weighted by atomic mass is 35.5. The molecule has 1 saturated heterocycles. The maximum Gasteiger partial charge on any atom is 0.228 e. The van der Waals surface area contributed by atoms with E-state index in [9.17, 15) is 4.79 Å². The van der Waals surface area contributed by atoms with Crippen LogP contribution in [0.3, 0.4) is 0 Å². The Morgan fingerprint density at radius 2 is 2.00 bits per heavy atom. The number of amides is 1. The van der Waals surface area contributed by atoms with Crippen molar-refractivity contribution in [3.63, 3.8) is 0 Å². The van der Waals surface area contributed by atoms with Crippen molar-refractivity contribution in [3.05, 3.63) is 35.9 Å². The van der Waals surface area contributed by atoms with Crippen LogP contribution < -0.4 is 10.6 Å². The van der Waals surface area contributed by atoms with Crippen LogP contribution in [0.25, 0.3) is 0 Å². The van der Waals surface area contributed by atoms with Gasteiger partial charge in [0.2, 0.25) is 5.91 Å². The summed E-state index contributed by atoms with van der Waals surface area (Å²) in [6, 6.07) is 10.4. The normalized spacial score (nSPS) is 20.1. The second kappa shape index (κ2) is 8.28. The van der Waals surface area contributed by atoms with Gasteiger partial charge in [0.15, 0.2) is 0 Å². The molecule has 20 heavy (non-hydrogen) atoms. The minimum Gasteiger partial charge on any atom is -0.352 e. The number of rotatable bonds is 4. The highest BCUT2D eigenvalue weighted by Gasteiger charge is 2.26. The van der Waals surface area contributed by atoms with Crippen molar-refractivity contribution in [1.82, 2.24) is 10.6 Å². The standard InChI is InChI=1S/C16H24N2O.ClH/c1-12(2)15(13-7-4-3-5-8-13)16(19)18-14-9-6-10-17-11-14;/h3-5,7-8,12,14-15,17H,6,9-11H2,1-2H3,(H,18,19);1H. The Bertz CT molecular complexity index is 402. The molecule has 1 fully saturated rings. The molecule has 1 heterocycles. The Morgan fingerprint density at radius 1 is 1.30 bits per heavy atom. The Morgan fingerprint density at radius 3 is 2.55 bits per heavy atom. The summed E-state index contributed by atoms with van der Waals surface area (Å²) < 4.78 is 0. The summed E-state index contributed by atoms with van der Waals surface area (Å²) in [5, 5.41) is 6.53. The van der Waals surface area contributed by atoms with Crippen LogP contribution in [0.2, 0.25) is 0 Å². The third-order valence-corrected chi connectivity index (χ3v) is 3.75. The van der Waals surface area contributed by atoms with Crippen LogP contribution in [0.15, 0.2) is 30.3 Å². The van der Waals surface area contributed by atoms with Gasteiger partial charge in [0, 0.05) is 12.6 Å². The molecule has 0 radical (unpaired) electrons. The van der Waals surface area contributed by atoms with E-state index in [1.165, 1.54) is 0 Å². The highest BCUT2D eigenvalue weighted by molar-refractivity contribution is 5.85. The van der Waals surface area contributed by atoms with Gasteiger partial charge < -0.3 is 10.6 Å². The fourth-order valence-electron chi connectivity index (χ4n) is 2.77. The lowest BCUT2D eigenvalue weighted by Gasteiger charge is -2.27. The van der Waals surface area contributed by atoms with E-state index in [1.54, 1.807) is 0 Å². The molecular formula is C16H25ClN2O. The van der Waals surface area contributed by atoms with Crippen LogP contribution in [0, 0.1) is 5.92 Å². The van der Waals surface area contributed by atoms with Crippen LogP contribution in [0.1, 0.15) is 38.2 Å². The molecule has 1 aromatic rings. The Labute approximate surface area is 127 Å². The number of nitrogens with one attached hydrogen (secondary N) is 2. The Hall–Kier alpha value is -1.06. The first kappa shape index (κ1) is 17.0. The van der Waals surface area contributed by atoms with Gasteiger partial charge >= 0.3 is 0 Å². The molecule has 1 amide bonds. The van der Waals surface area contributed by atoms with E-state index in [-0.39, 0.29) is 30.3 Å². The van der Waals surface area contributed by atoms with Crippen molar-refractivity contribution >= 4 is 18.3 Å². The number of hydrogen-bond acceptors (Lipinski definition) is 2. The maximum absolute atomic E-state index is 12.5. The summed E-state index contributed by atoms with van der Waals surface area (Å²) >= 11 is 0. The lowest BCUT2D eigenvalue weighted by Crippen LogP contribution is -2.47. The molecule has 2 rings (SSSR count). The van der Waals surface area contributed by atoms with E-state index < -0.39 is 0 Å². The van der Waals surface area contributed by atoms with Gasteiger partial charge in [-0.3, -0.25) is 4.79 Å². The fourth-order valence-corrected chi connectivity index (χ4v) is 2.77. The van der Waals surface area contributed by atoms with E-state index in [0.29, 0.717) is 5.92 Å². The molecule has 2 unspecified atom stereocenters. The zero-order valence-corrected chi connectivity index (χ0v) is 13.1. The summed E-state index contributed by atoms with van der Waals surface area (Å²) in [7, 11) is 0. The number of hydrogen-bond donors (Lipinski definition) is 2. The minimum atomic E-state index is -0.0527. The summed E-state index contributed by atoms with van der Waals surface area (Å²) in [6.07, 6.45) is 2.22. The zero-order chi connectivity index (χ0) is 13.7. The van der Waals surface area contributed by atoms with Gasteiger partial charge in [-0.25, -0.2) is 0 Å². The summed E-state index contributed by atoms with van der Waals surface area (Å²) in [4.78, 5) is 12.5. The molecule has 2 atom stereocenters. The average molecular weight is 297 g/mol. The Balaban J connectivity index is 0.00000200. The number of piperidine rings is 1. The predicted molar refractivity (Wildman–Crippen MR) is 85.3 cm³/mol. The molecule has 0 spiro atoms. The van der Waals surface area contributed by atoms with E-state index in [1.807, 2.05) is 30.3 Å². The monoisotopic (exact) mass is 296 g/mol. The molecule has 112 valence electrons. The van der Waals surface area contributed by atoms with Crippen LogP contribution >= 0.6 is 12.4 Å². The van der Waals surface area contributed by atoms with Gasteiger partial charge in [-0.05, 0) is 30.9 Å². The molecule has 0 saturated carbocycles. The first-order valence-electron chi connectivity index (χ1n) is 7.24. The van der Waals surface area contributed by atoms with Crippen LogP contribution in [-0.2, 0) is 4.79 Å². The number of carbonyl (C=O) groups excluding carboxylic acids is 1. The van der Waals surface area contributed by atoms with E-state index in [0.717, 1.165) is 31.5 Å². The van der Waals surface area contributed by atoms with Gasteiger partial charge in [0.25, 0.3) is 0 Å². The maximum atomic E-state index is 12.5. The number of halogens is 1. The quantitative estimate of drug-likeness (QED) is 0.897. The smallest absolute Gasteiger partial charge is 0.228 e. The highest BCUT2D eigenvalue weighted by Crippen LogP contribution is 2.24. The van der Waals surface area contributed by atoms with Crippen molar-refractivity contribution < 1.29 is 4.79 Å². The molecule has 1 aliphatic rings. The SMILES string of the molecule is CC(C)C(C(=O)NC1CCCNC1)c1ccccc1.Cl. The second-order valence-corrected chi connectivity index (χ2v) is 5.68. The van der Waals surface area contributed by atoms with Crippen molar-refractivity contribution in [1.29, 1.82) is 0 Å². The first-order valence-corrected chi connectivity index (χ1v) is 7.24. The average Bonchev–Trinajstić information content (AvgIpc) is 2.40. The molecule has 2 N–H and O–H groups in total. The van der Waals surface area contributed by atoms with Gasteiger partial charge in [0.05, 0.1) is 5.92 Å². The van der Waals surface area contributed by atoms with Crippen molar-refractivity contribution in [2.75, 3.05) is 13.1 Å². The molecule has 3 nitrogen and oxygen atoms in total. The molecule has 0 aromatic heterocycles. The second-order valence-electron chi connectivity index (χ2n) is 5.68. The van der Waals surface area contributed by atoms with Gasteiger partial charge in [-0.2, -0.15) is 0 Å². The van der Waals surface area contributed by atoms with Crippen LogP contribution in [-0.4, -0.2) is 25.0 Å². The third kappa shape index (κ3) is 4.50. The van der Waals surface area contributed by atoms with Crippen LogP contribution in [0.4, 0.5) is 0 Å². The first-order chi connectivity index (χ1) is 9.18. The lowest BCUT2D eigenvalue weighted by atomic mass is 9.87. The topological polar surface area (TPSA) is 41.1 Å². The minimum absolute atomic E-state index is 0. The van der Waals surface area contributed by atoms with E-state index in [2.05, 4.69) is 24.5 Å². The molecular weight excluding hydrogens is 272 g/mol. The Kier molecular flexibility index (Phi) is 7.03. The van der Waals surface area contributed by atoms with E-state index >= 15 is 0 Å². The molecule has 1 aromatic carbocycles. The number of carbonyl (C=O) groups is 1. The third-order valence-electron chi connectivity index (χ3n) is 3.75. The van der Waals surface area contributed by atoms with Gasteiger partial charge in [-0.15, -0.1) is 12.4 Å². The van der Waals surface area contributed by atoms with Crippen molar-refractivity contribution in [2.24, 2.45) is 5.92 Å². The zero-order valence-electron chi connectivity index (χ0n) is 12.3. The lowest BCUT2D eigenvalue weighted by molar-refractivity contribution is -0.124. The fraction of sp³-hybridized carbons (Fsp3) is 0.562. The largest absolute Gasteiger partial charge is 0.352 e. The van der Waals surface area contributed by atoms with E-state index in [4.69, 9.17) is 0 Å². The van der Waals surface area contributed by atoms with Gasteiger partial charge in [-0.1, -0.05) is 44.2 Å². The molecule has 0 aliphatic carbocycles. The number of benzene rings is 1. The van der Waals surface area contributed by atoms with Crippen LogP contribution in [0.5, 0.6) is 0 Å². The summed E-state index contributed by atoms with van der Waals surface area (Å²) in [6.45, 7) is 6.18. The van der Waals surface area contributed by atoms with Gasteiger partial charge in [0.1, 0.15) is 0 Å². The van der Waals surface area contributed by atoms with Crippen molar-refractivity contribution in [3.8, 4) is 0 Å². The summed E-state index contributed by atoms with van der Waals surface area (Å²) in [5.41, 5.74) is 1.11. The molecule has 1 aliphatic heterocycles. The predicted octanol–water partition coefficient (Wildman–Crippen LogP) is 2.72. The summed E-state index contributed by atoms with van der Waals surface area (Å²) in [5.74, 6) is 0.414. The molecule has 0 bridgehead atoms. The van der Waals surface area contributed by atoms with Crippen molar-refractivity contribution in [2.45, 2.75) is 38.6 Å².